The molecule has 1 amide bonds. The Hall–Kier alpha value is -1.70. The summed E-state index contributed by atoms with van der Waals surface area (Å²) in [4.78, 5) is 18.5. The van der Waals surface area contributed by atoms with E-state index in [1.807, 2.05) is 24.1 Å². The van der Waals surface area contributed by atoms with Gasteiger partial charge in [0.05, 0.1) is 11.3 Å². The highest BCUT2D eigenvalue weighted by Crippen LogP contribution is 2.31. The van der Waals surface area contributed by atoms with Gasteiger partial charge >= 0.3 is 0 Å². The molecule has 140 valence electrons. The number of rotatable bonds is 4. The van der Waals surface area contributed by atoms with E-state index in [-0.39, 0.29) is 18.4 Å². The summed E-state index contributed by atoms with van der Waals surface area (Å²) < 4.78 is 5.27. The average Bonchev–Trinajstić information content (AvgIpc) is 3.36. The van der Waals surface area contributed by atoms with Crippen molar-refractivity contribution < 1.29 is 14.4 Å². The molecule has 2 aromatic rings. The predicted octanol–water partition coefficient (Wildman–Crippen LogP) is 2.37. The van der Waals surface area contributed by atoms with Crippen LogP contribution >= 0.6 is 11.3 Å². The third kappa shape index (κ3) is 3.19. The normalized spacial score (nSPS) is 20.6. The summed E-state index contributed by atoms with van der Waals surface area (Å²) in [5.41, 5.74) is 4.24. The molecule has 0 bridgehead atoms. The molecule has 7 heteroatoms. The van der Waals surface area contributed by atoms with Crippen molar-refractivity contribution in [1.82, 2.24) is 15.0 Å². The van der Waals surface area contributed by atoms with Crippen LogP contribution in [-0.4, -0.2) is 52.2 Å². The Balaban J connectivity index is 1.46. The molecule has 2 aliphatic rings. The standard InChI is InChI=1S/C19H25N3O3S/c1-12-16(13(2)25-20-12)8-21-5-4-15-17(11-26-18(15)9-21)19(24)22-6-3-14(7-22)10-23/h11,14,23H,3-10H2,1-2H3. The number of carbonyl (C=O) groups is 1. The van der Waals surface area contributed by atoms with Gasteiger partial charge in [-0.25, -0.2) is 0 Å². The van der Waals surface area contributed by atoms with E-state index in [0.29, 0.717) is 6.54 Å². The number of aromatic nitrogens is 1. The van der Waals surface area contributed by atoms with Gasteiger partial charge in [0, 0.05) is 61.1 Å². The Kier molecular flexibility index (Phi) is 4.86. The Morgan fingerprint density at radius 2 is 2.27 bits per heavy atom. The number of fused-ring (bicyclic) bond motifs is 1. The van der Waals surface area contributed by atoms with Gasteiger partial charge in [0.25, 0.3) is 5.91 Å². The molecule has 4 rings (SSSR count). The monoisotopic (exact) mass is 375 g/mol. The van der Waals surface area contributed by atoms with E-state index in [0.717, 1.165) is 56.0 Å². The number of amides is 1. The highest BCUT2D eigenvalue weighted by atomic mass is 32.1. The van der Waals surface area contributed by atoms with Gasteiger partial charge in [-0.05, 0) is 32.3 Å². The number of aliphatic hydroxyl groups excluding tert-OH is 1. The molecular formula is C19H25N3O3S. The SMILES string of the molecule is Cc1noc(C)c1CN1CCc2c(C(=O)N3CCC(CO)C3)csc2C1. The zero-order valence-electron chi connectivity index (χ0n) is 15.3. The van der Waals surface area contributed by atoms with Crippen molar-refractivity contribution in [3.63, 3.8) is 0 Å². The molecule has 1 saturated heterocycles. The molecule has 0 spiro atoms. The molecule has 2 aliphatic heterocycles. The number of carbonyl (C=O) groups excluding carboxylic acids is 1. The molecule has 0 saturated carbocycles. The van der Waals surface area contributed by atoms with E-state index in [1.165, 1.54) is 16.0 Å². The van der Waals surface area contributed by atoms with Crippen LogP contribution in [0.15, 0.2) is 9.90 Å². The maximum atomic E-state index is 12.9. The van der Waals surface area contributed by atoms with Crippen molar-refractivity contribution in [2.24, 2.45) is 5.92 Å². The van der Waals surface area contributed by atoms with Gasteiger partial charge < -0.3 is 14.5 Å². The first-order chi connectivity index (χ1) is 12.6. The van der Waals surface area contributed by atoms with Crippen LogP contribution in [0, 0.1) is 19.8 Å². The van der Waals surface area contributed by atoms with Crippen molar-refractivity contribution >= 4 is 17.2 Å². The molecule has 26 heavy (non-hydrogen) atoms. The van der Waals surface area contributed by atoms with Crippen molar-refractivity contribution in [2.75, 3.05) is 26.2 Å². The van der Waals surface area contributed by atoms with Crippen molar-refractivity contribution in [2.45, 2.75) is 39.8 Å². The first-order valence-corrected chi connectivity index (χ1v) is 10.1. The average molecular weight is 375 g/mol. The van der Waals surface area contributed by atoms with Crippen LogP contribution in [0.2, 0.25) is 0 Å². The van der Waals surface area contributed by atoms with E-state index >= 15 is 0 Å². The highest BCUT2D eigenvalue weighted by Gasteiger charge is 2.30. The van der Waals surface area contributed by atoms with Gasteiger partial charge in [-0.2, -0.15) is 0 Å². The summed E-state index contributed by atoms with van der Waals surface area (Å²) in [5.74, 6) is 1.26. The van der Waals surface area contributed by atoms with Crippen molar-refractivity contribution in [1.29, 1.82) is 0 Å². The van der Waals surface area contributed by atoms with Crippen LogP contribution in [0.25, 0.3) is 0 Å². The van der Waals surface area contributed by atoms with Crippen molar-refractivity contribution in [3.05, 3.63) is 38.4 Å². The van der Waals surface area contributed by atoms with E-state index < -0.39 is 0 Å². The Labute approximate surface area is 157 Å². The zero-order chi connectivity index (χ0) is 18.3. The third-order valence-corrected chi connectivity index (χ3v) is 6.66. The van der Waals surface area contributed by atoms with Crippen LogP contribution in [0.4, 0.5) is 0 Å². The van der Waals surface area contributed by atoms with Gasteiger partial charge in [0.1, 0.15) is 5.76 Å². The first kappa shape index (κ1) is 17.7. The van der Waals surface area contributed by atoms with Crippen LogP contribution in [-0.2, 0) is 19.5 Å². The van der Waals surface area contributed by atoms with Crippen LogP contribution < -0.4 is 0 Å². The largest absolute Gasteiger partial charge is 0.396 e. The van der Waals surface area contributed by atoms with E-state index in [9.17, 15) is 9.90 Å². The number of hydrogen-bond acceptors (Lipinski definition) is 6. The summed E-state index contributed by atoms with van der Waals surface area (Å²) in [6.07, 6.45) is 1.81. The highest BCUT2D eigenvalue weighted by molar-refractivity contribution is 7.10. The number of thiophene rings is 1. The molecule has 1 fully saturated rings. The molecule has 1 atom stereocenters. The maximum absolute atomic E-state index is 12.9. The Morgan fingerprint density at radius 1 is 1.42 bits per heavy atom. The zero-order valence-corrected chi connectivity index (χ0v) is 16.1. The number of aryl methyl sites for hydroxylation is 2. The lowest BCUT2D eigenvalue weighted by Crippen LogP contribution is -2.32. The second-order valence-electron chi connectivity index (χ2n) is 7.40. The summed E-state index contributed by atoms with van der Waals surface area (Å²) in [7, 11) is 0. The van der Waals surface area contributed by atoms with Crippen LogP contribution in [0.5, 0.6) is 0 Å². The van der Waals surface area contributed by atoms with Crippen molar-refractivity contribution in [3.8, 4) is 0 Å². The number of aliphatic hydroxyl groups is 1. The fourth-order valence-electron chi connectivity index (χ4n) is 3.98. The lowest BCUT2D eigenvalue weighted by atomic mass is 10.0. The summed E-state index contributed by atoms with van der Waals surface area (Å²) in [6, 6.07) is 0. The van der Waals surface area contributed by atoms with Crippen LogP contribution in [0.3, 0.4) is 0 Å². The quantitative estimate of drug-likeness (QED) is 0.888. The fraction of sp³-hybridized carbons (Fsp3) is 0.579. The molecule has 0 aromatic carbocycles. The molecule has 6 nitrogen and oxygen atoms in total. The summed E-state index contributed by atoms with van der Waals surface area (Å²) in [5, 5.41) is 15.4. The Bertz CT molecular complexity index is 794. The minimum absolute atomic E-state index is 0.137. The maximum Gasteiger partial charge on any atom is 0.254 e. The number of hydrogen-bond donors (Lipinski definition) is 1. The summed E-state index contributed by atoms with van der Waals surface area (Å²) in [6.45, 7) is 8.20. The second kappa shape index (κ2) is 7.13. The van der Waals surface area contributed by atoms with Gasteiger partial charge in [0.2, 0.25) is 0 Å². The minimum atomic E-state index is 0.137. The number of likely N-dealkylation sites (tertiary alicyclic amines) is 1. The molecule has 4 heterocycles. The van der Waals surface area contributed by atoms with E-state index in [4.69, 9.17) is 4.52 Å². The first-order valence-electron chi connectivity index (χ1n) is 9.20. The molecule has 0 radical (unpaired) electrons. The molecule has 1 N–H and O–H groups in total. The van der Waals surface area contributed by atoms with Crippen LogP contribution in [0.1, 0.15) is 44.2 Å². The third-order valence-electron chi connectivity index (χ3n) is 5.65. The molecule has 0 aliphatic carbocycles. The van der Waals surface area contributed by atoms with E-state index in [1.54, 1.807) is 11.3 Å². The predicted molar refractivity (Wildman–Crippen MR) is 99.2 cm³/mol. The number of nitrogens with zero attached hydrogens (tertiary/aromatic N) is 3. The molecule has 1 unspecified atom stereocenters. The van der Waals surface area contributed by atoms with Gasteiger partial charge in [-0.3, -0.25) is 9.69 Å². The van der Waals surface area contributed by atoms with Gasteiger partial charge in [-0.1, -0.05) is 5.16 Å². The molecular weight excluding hydrogens is 350 g/mol. The topological polar surface area (TPSA) is 69.8 Å². The smallest absolute Gasteiger partial charge is 0.254 e. The Morgan fingerprint density at radius 3 is 2.96 bits per heavy atom. The van der Waals surface area contributed by atoms with E-state index in [2.05, 4.69) is 10.1 Å². The molecule has 2 aromatic heterocycles. The van der Waals surface area contributed by atoms with Gasteiger partial charge in [0.15, 0.2) is 0 Å². The second-order valence-corrected chi connectivity index (χ2v) is 8.37. The van der Waals surface area contributed by atoms with Gasteiger partial charge in [-0.15, -0.1) is 11.3 Å². The minimum Gasteiger partial charge on any atom is -0.396 e. The lowest BCUT2D eigenvalue weighted by molar-refractivity contribution is 0.0780. The lowest BCUT2D eigenvalue weighted by Gasteiger charge is -2.27. The summed E-state index contributed by atoms with van der Waals surface area (Å²) >= 11 is 1.69. The fourth-order valence-corrected chi connectivity index (χ4v) is 5.10.